The molecule has 22 heavy (non-hydrogen) atoms. The second-order valence-electron chi connectivity index (χ2n) is 7.74. The van der Waals surface area contributed by atoms with Gasteiger partial charge in [-0.15, -0.1) is 0 Å². The molecule has 122 valence electrons. The molecule has 4 heteroatoms. The van der Waals surface area contributed by atoms with Crippen LogP contribution in [-0.4, -0.2) is 23.6 Å². The van der Waals surface area contributed by atoms with Gasteiger partial charge in [0.05, 0.1) is 5.92 Å². The Kier molecular flexibility index (Phi) is 3.61. The van der Waals surface area contributed by atoms with E-state index in [4.69, 9.17) is 9.47 Å². The summed E-state index contributed by atoms with van der Waals surface area (Å²) in [5, 5.41) is 0. The lowest BCUT2D eigenvalue weighted by atomic mass is 9.52. The van der Waals surface area contributed by atoms with Crippen LogP contribution in [0.15, 0.2) is 12.2 Å². The first-order valence-electron chi connectivity index (χ1n) is 8.38. The molecular weight excluding hydrogens is 280 g/mol. The zero-order chi connectivity index (χ0) is 16.1. The molecule has 0 aromatic carbocycles. The number of carbonyl (C=O) groups is 2. The molecule has 0 aromatic rings. The van der Waals surface area contributed by atoms with Crippen molar-refractivity contribution in [2.45, 2.75) is 71.0 Å². The summed E-state index contributed by atoms with van der Waals surface area (Å²) in [6.45, 7) is 9.47. The monoisotopic (exact) mass is 306 g/mol. The Labute approximate surface area is 132 Å². The van der Waals surface area contributed by atoms with Crippen molar-refractivity contribution >= 4 is 11.9 Å². The van der Waals surface area contributed by atoms with Crippen molar-refractivity contribution in [3.63, 3.8) is 0 Å². The van der Waals surface area contributed by atoms with Gasteiger partial charge in [0, 0.05) is 11.0 Å². The van der Waals surface area contributed by atoms with Crippen LogP contribution < -0.4 is 0 Å². The minimum atomic E-state index is -0.563. The van der Waals surface area contributed by atoms with E-state index in [0.717, 1.165) is 38.5 Å². The lowest BCUT2D eigenvalue weighted by molar-refractivity contribution is -0.187. The molecule has 4 nitrogen and oxygen atoms in total. The van der Waals surface area contributed by atoms with Crippen LogP contribution in [0, 0.1) is 17.3 Å². The van der Waals surface area contributed by atoms with Crippen molar-refractivity contribution in [3.8, 4) is 0 Å². The zero-order valence-electron chi connectivity index (χ0n) is 13.8. The highest BCUT2D eigenvalue weighted by atomic mass is 16.6. The topological polar surface area (TPSA) is 52.6 Å². The fourth-order valence-corrected chi connectivity index (χ4v) is 4.94. The molecule has 0 spiro atoms. The predicted octanol–water partition coefficient (Wildman–Crippen LogP) is 3.40. The number of ether oxygens (including phenoxy) is 2. The maximum absolute atomic E-state index is 12.2. The van der Waals surface area contributed by atoms with Gasteiger partial charge in [-0.05, 0) is 58.3 Å². The SMILES string of the molecule is C=C(C)C(=O)OC(C)(CC)C12CC3CC(C1)OC(=O)C(C3)C2. The first-order valence-corrected chi connectivity index (χ1v) is 8.38. The van der Waals surface area contributed by atoms with Gasteiger partial charge in [0.1, 0.15) is 11.7 Å². The van der Waals surface area contributed by atoms with E-state index in [1.54, 1.807) is 6.92 Å². The zero-order valence-corrected chi connectivity index (χ0v) is 13.8. The van der Waals surface area contributed by atoms with Crippen LogP contribution >= 0.6 is 0 Å². The summed E-state index contributed by atoms with van der Waals surface area (Å²) >= 11 is 0. The molecule has 0 amide bonds. The number of hydrogen-bond acceptors (Lipinski definition) is 4. The number of fused-ring (bicyclic) bond motifs is 1. The molecule has 4 aliphatic rings. The Hall–Kier alpha value is -1.32. The van der Waals surface area contributed by atoms with E-state index in [1.165, 1.54) is 0 Å². The number of esters is 2. The molecule has 0 radical (unpaired) electrons. The van der Waals surface area contributed by atoms with Crippen LogP contribution in [0.1, 0.15) is 59.3 Å². The highest BCUT2D eigenvalue weighted by Gasteiger charge is 2.60. The Morgan fingerprint density at radius 3 is 2.77 bits per heavy atom. The molecule has 5 unspecified atom stereocenters. The van der Waals surface area contributed by atoms with Crippen molar-refractivity contribution in [2.24, 2.45) is 17.3 Å². The molecule has 5 atom stereocenters. The van der Waals surface area contributed by atoms with Crippen LogP contribution in [0.2, 0.25) is 0 Å². The molecule has 2 aliphatic carbocycles. The predicted molar refractivity (Wildman–Crippen MR) is 82.0 cm³/mol. The van der Waals surface area contributed by atoms with E-state index in [1.807, 2.05) is 6.92 Å². The van der Waals surface area contributed by atoms with Crippen LogP contribution in [-0.2, 0) is 19.1 Å². The highest BCUT2D eigenvalue weighted by molar-refractivity contribution is 5.87. The van der Waals surface area contributed by atoms with Crippen molar-refractivity contribution < 1.29 is 19.1 Å². The molecule has 4 fully saturated rings. The second-order valence-corrected chi connectivity index (χ2v) is 7.74. The maximum Gasteiger partial charge on any atom is 0.333 e. The van der Waals surface area contributed by atoms with E-state index in [-0.39, 0.29) is 29.4 Å². The lowest BCUT2D eigenvalue weighted by Crippen LogP contribution is -2.55. The van der Waals surface area contributed by atoms with Crippen LogP contribution in [0.5, 0.6) is 0 Å². The summed E-state index contributed by atoms with van der Waals surface area (Å²) < 4.78 is 11.6. The number of hydrogen-bond donors (Lipinski definition) is 0. The maximum atomic E-state index is 12.2. The average Bonchev–Trinajstić information content (AvgIpc) is 2.61. The molecule has 0 N–H and O–H groups in total. The van der Waals surface area contributed by atoms with E-state index >= 15 is 0 Å². The molecule has 2 aliphatic heterocycles. The lowest BCUT2D eigenvalue weighted by Gasteiger charge is -2.55. The summed E-state index contributed by atoms with van der Waals surface area (Å²) in [5.41, 5.74) is -0.281. The van der Waals surface area contributed by atoms with Gasteiger partial charge in [-0.25, -0.2) is 4.79 Å². The van der Waals surface area contributed by atoms with Gasteiger partial charge in [0.25, 0.3) is 0 Å². The van der Waals surface area contributed by atoms with Crippen LogP contribution in [0.3, 0.4) is 0 Å². The third kappa shape index (κ3) is 2.27. The normalized spacial score (nSPS) is 38.9. The Bertz CT molecular complexity index is 525. The third-order valence-corrected chi connectivity index (χ3v) is 6.23. The number of rotatable bonds is 4. The summed E-state index contributed by atoms with van der Waals surface area (Å²) in [6.07, 6.45) is 5.28. The molecule has 4 bridgehead atoms. The van der Waals surface area contributed by atoms with E-state index in [9.17, 15) is 9.59 Å². The summed E-state index contributed by atoms with van der Waals surface area (Å²) in [6, 6.07) is 0. The van der Waals surface area contributed by atoms with E-state index in [2.05, 4.69) is 13.5 Å². The smallest absolute Gasteiger partial charge is 0.333 e. The van der Waals surface area contributed by atoms with Gasteiger partial charge in [-0.3, -0.25) is 4.79 Å². The fourth-order valence-electron chi connectivity index (χ4n) is 4.94. The van der Waals surface area contributed by atoms with Gasteiger partial charge >= 0.3 is 11.9 Å². The van der Waals surface area contributed by atoms with Crippen LogP contribution in [0.25, 0.3) is 0 Å². The van der Waals surface area contributed by atoms with Gasteiger partial charge in [-0.2, -0.15) is 0 Å². The summed E-state index contributed by atoms with van der Waals surface area (Å²) in [7, 11) is 0. The van der Waals surface area contributed by atoms with Crippen molar-refractivity contribution in [2.75, 3.05) is 0 Å². The molecular formula is C18H26O4. The minimum Gasteiger partial charge on any atom is -0.462 e. The van der Waals surface area contributed by atoms with Gasteiger partial charge in [0.15, 0.2) is 0 Å². The van der Waals surface area contributed by atoms with Crippen molar-refractivity contribution in [3.05, 3.63) is 12.2 Å². The highest BCUT2D eigenvalue weighted by Crippen LogP contribution is 2.60. The Morgan fingerprint density at radius 1 is 1.41 bits per heavy atom. The van der Waals surface area contributed by atoms with Crippen molar-refractivity contribution in [1.82, 2.24) is 0 Å². The first kappa shape index (κ1) is 15.6. The summed E-state index contributed by atoms with van der Waals surface area (Å²) in [5.74, 6) is 0.115. The molecule has 2 saturated carbocycles. The molecule has 4 rings (SSSR count). The molecule has 2 saturated heterocycles. The molecule has 2 heterocycles. The number of carbonyl (C=O) groups excluding carboxylic acids is 2. The van der Waals surface area contributed by atoms with Gasteiger partial charge in [-0.1, -0.05) is 13.5 Å². The Balaban J connectivity index is 1.95. The third-order valence-electron chi connectivity index (χ3n) is 6.23. The molecule has 0 aromatic heterocycles. The Morgan fingerprint density at radius 2 is 2.14 bits per heavy atom. The van der Waals surface area contributed by atoms with Crippen LogP contribution in [0.4, 0.5) is 0 Å². The summed E-state index contributed by atoms with van der Waals surface area (Å²) in [4.78, 5) is 24.3. The second kappa shape index (κ2) is 5.10. The minimum absolute atomic E-state index is 0.00634. The quantitative estimate of drug-likeness (QED) is 0.590. The van der Waals surface area contributed by atoms with E-state index < -0.39 is 5.60 Å². The standard InChI is InChI=1S/C18H26O4/c1-5-17(4,22-15(19)11(2)3)18-8-12-6-13(9-18)16(20)21-14(7-12)10-18/h12-14H,2,5-10H2,1,3-4H3. The van der Waals surface area contributed by atoms with Crippen molar-refractivity contribution in [1.29, 1.82) is 0 Å². The van der Waals surface area contributed by atoms with Gasteiger partial charge in [0.2, 0.25) is 0 Å². The fraction of sp³-hybridized carbons (Fsp3) is 0.778. The largest absolute Gasteiger partial charge is 0.462 e. The average molecular weight is 306 g/mol. The first-order chi connectivity index (χ1) is 10.3. The van der Waals surface area contributed by atoms with E-state index in [0.29, 0.717) is 11.5 Å². The van der Waals surface area contributed by atoms with Gasteiger partial charge < -0.3 is 9.47 Å².